The van der Waals surface area contributed by atoms with E-state index in [0.29, 0.717) is 37.0 Å². The monoisotopic (exact) mass is 432 g/mol. The molecule has 2 aromatic carbocycles. The maximum atomic E-state index is 12.2. The molecule has 0 bridgehead atoms. The van der Waals surface area contributed by atoms with E-state index in [9.17, 15) is 9.90 Å². The molecule has 1 aromatic heterocycles. The highest BCUT2D eigenvalue weighted by atomic mass is 16.5. The Hall–Kier alpha value is -3.58. The lowest BCUT2D eigenvalue weighted by Gasteiger charge is -2.36. The normalized spacial score (nSPS) is 14.3. The van der Waals surface area contributed by atoms with Crippen LogP contribution in [0.1, 0.15) is 22.8 Å². The number of carboxylic acids is 1. The number of anilines is 2. The molecule has 1 saturated heterocycles. The van der Waals surface area contributed by atoms with Gasteiger partial charge in [-0.05, 0) is 18.1 Å². The van der Waals surface area contributed by atoms with Crippen LogP contribution in [0.4, 0.5) is 11.5 Å². The van der Waals surface area contributed by atoms with Gasteiger partial charge in [0.25, 0.3) is 0 Å². The smallest absolute Gasteiger partial charge is 0.341 e. The van der Waals surface area contributed by atoms with E-state index in [-0.39, 0.29) is 11.3 Å². The number of piperazine rings is 1. The van der Waals surface area contributed by atoms with Gasteiger partial charge in [-0.2, -0.15) is 4.98 Å². The van der Waals surface area contributed by atoms with Gasteiger partial charge in [0.15, 0.2) is 0 Å². The first-order valence-electron chi connectivity index (χ1n) is 10.8. The van der Waals surface area contributed by atoms with E-state index >= 15 is 0 Å². The minimum absolute atomic E-state index is 0.0313. The summed E-state index contributed by atoms with van der Waals surface area (Å²) in [4.78, 5) is 21.3. The van der Waals surface area contributed by atoms with Crippen LogP contribution < -0.4 is 15.4 Å². The van der Waals surface area contributed by atoms with Crippen LogP contribution in [0.25, 0.3) is 11.1 Å². The molecule has 1 aliphatic rings. The number of aromatic carboxylic acids is 1. The number of hydrogen-bond acceptors (Lipinski definition) is 6. The SMILES string of the molecule is CCOc1nc(N2CCN(Cc3ccccc3)CC2)c(C(=O)O)c(N)c1-c1ccccc1. The van der Waals surface area contributed by atoms with Gasteiger partial charge in [0.1, 0.15) is 11.4 Å². The van der Waals surface area contributed by atoms with E-state index < -0.39 is 5.97 Å². The topological polar surface area (TPSA) is 91.9 Å². The van der Waals surface area contributed by atoms with Crippen LogP contribution in [0.2, 0.25) is 0 Å². The Balaban J connectivity index is 1.64. The molecule has 0 aliphatic carbocycles. The van der Waals surface area contributed by atoms with Crippen LogP contribution >= 0.6 is 0 Å². The molecule has 0 radical (unpaired) electrons. The van der Waals surface area contributed by atoms with Crippen LogP contribution in [0, 0.1) is 0 Å². The Bertz CT molecular complexity index is 1070. The number of benzene rings is 2. The zero-order valence-electron chi connectivity index (χ0n) is 18.2. The van der Waals surface area contributed by atoms with Gasteiger partial charge in [-0.3, -0.25) is 4.90 Å². The molecule has 7 heteroatoms. The number of aromatic nitrogens is 1. The summed E-state index contributed by atoms with van der Waals surface area (Å²) in [6.45, 7) is 6.08. The Morgan fingerprint density at radius 3 is 2.25 bits per heavy atom. The minimum Gasteiger partial charge on any atom is -0.477 e. The van der Waals surface area contributed by atoms with Gasteiger partial charge in [-0.1, -0.05) is 60.7 Å². The summed E-state index contributed by atoms with van der Waals surface area (Å²) in [5, 5.41) is 10.0. The fourth-order valence-electron chi connectivity index (χ4n) is 4.09. The number of hydrogen-bond donors (Lipinski definition) is 2. The maximum absolute atomic E-state index is 12.2. The molecule has 166 valence electrons. The molecule has 2 heterocycles. The fraction of sp³-hybridized carbons (Fsp3) is 0.280. The fourth-order valence-corrected chi connectivity index (χ4v) is 4.09. The number of nitrogens with zero attached hydrogens (tertiary/aromatic N) is 3. The molecule has 0 atom stereocenters. The molecule has 1 aliphatic heterocycles. The third-order valence-electron chi connectivity index (χ3n) is 5.66. The lowest BCUT2D eigenvalue weighted by Crippen LogP contribution is -2.46. The van der Waals surface area contributed by atoms with E-state index in [1.54, 1.807) is 0 Å². The van der Waals surface area contributed by atoms with Crippen LogP contribution in [-0.2, 0) is 6.54 Å². The molecule has 3 aromatic rings. The summed E-state index contributed by atoms with van der Waals surface area (Å²) in [6, 6.07) is 19.8. The van der Waals surface area contributed by atoms with Gasteiger partial charge >= 0.3 is 5.97 Å². The number of pyridine rings is 1. The predicted molar refractivity (Wildman–Crippen MR) is 126 cm³/mol. The Morgan fingerprint density at radius 2 is 1.66 bits per heavy atom. The molecule has 3 N–H and O–H groups in total. The van der Waals surface area contributed by atoms with Crippen LogP contribution in [0.15, 0.2) is 60.7 Å². The molecular weight excluding hydrogens is 404 g/mol. The lowest BCUT2D eigenvalue weighted by atomic mass is 10.0. The molecule has 0 amide bonds. The van der Waals surface area contributed by atoms with Crippen LogP contribution in [-0.4, -0.2) is 53.7 Å². The average molecular weight is 433 g/mol. The second-order valence-electron chi connectivity index (χ2n) is 7.76. The van der Waals surface area contributed by atoms with Crippen molar-refractivity contribution in [2.75, 3.05) is 43.4 Å². The second kappa shape index (κ2) is 9.70. The number of nitrogens with two attached hydrogens (primary N) is 1. The van der Waals surface area contributed by atoms with Crippen molar-refractivity contribution in [1.82, 2.24) is 9.88 Å². The largest absolute Gasteiger partial charge is 0.477 e. The number of nitrogen functional groups attached to an aromatic ring is 1. The van der Waals surface area contributed by atoms with Gasteiger partial charge in [-0.15, -0.1) is 0 Å². The Kier molecular flexibility index (Phi) is 6.56. The number of rotatable bonds is 7. The van der Waals surface area contributed by atoms with Gasteiger partial charge in [0, 0.05) is 32.7 Å². The maximum Gasteiger partial charge on any atom is 0.341 e. The zero-order valence-corrected chi connectivity index (χ0v) is 18.2. The summed E-state index contributed by atoms with van der Waals surface area (Å²) in [5.41, 5.74) is 9.23. The Labute approximate surface area is 188 Å². The van der Waals surface area contributed by atoms with Gasteiger partial charge in [-0.25, -0.2) is 4.79 Å². The van der Waals surface area contributed by atoms with Crippen molar-refractivity contribution < 1.29 is 14.6 Å². The van der Waals surface area contributed by atoms with Crippen molar-refractivity contribution in [3.8, 4) is 17.0 Å². The average Bonchev–Trinajstić information content (AvgIpc) is 2.80. The summed E-state index contributed by atoms with van der Waals surface area (Å²) in [7, 11) is 0. The zero-order chi connectivity index (χ0) is 22.5. The molecule has 32 heavy (non-hydrogen) atoms. The van der Waals surface area contributed by atoms with E-state index in [0.717, 1.165) is 25.2 Å². The highest BCUT2D eigenvalue weighted by Gasteiger charge is 2.29. The minimum atomic E-state index is -1.09. The highest BCUT2D eigenvalue weighted by Crippen LogP contribution is 2.40. The highest BCUT2D eigenvalue weighted by molar-refractivity contribution is 6.04. The molecule has 1 fully saturated rings. The summed E-state index contributed by atoms with van der Waals surface area (Å²) >= 11 is 0. The standard InChI is InChI=1S/C25H28N4O3/c1-2-32-24-20(19-11-7-4-8-12-19)22(26)21(25(30)31)23(27-24)29-15-13-28(14-16-29)17-18-9-5-3-6-10-18/h3-12H,2,13-17H2,1H3,(H2,26,27)(H,30,31). The number of ether oxygens (including phenoxy) is 1. The van der Waals surface area contributed by atoms with E-state index in [2.05, 4.69) is 22.0 Å². The van der Waals surface area contributed by atoms with Crippen LogP contribution in [0.5, 0.6) is 5.88 Å². The number of carbonyl (C=O) groups is 1. The lowest BCUT2D eigenvalue weighted by molar-refractivity contribution is 0.0698. The first-order valence-corrected chi connectivity index (χ1v) is 10.8. The molecule has 0 unspecified atom stereocenters. The molecule has 4 rings (SSSR count). The van der Waals surface area contributed by atoms with Gasteiger partial charge in [0.2, 0.25) is 5.88 Å². The second-order valence-corrected chi connectivity index (χ2v) is 7.76. The van der Waals surface area contributed by atoms with Crippen molar-refractivity contribution in [3.63, 3.8) is 0 Å². The molecule has 0 saturated carbocycles. The Morgan fingerprint density at radius 1 is 1.03 bits per heavy atom. The summed E-state index contributed by atoms with van der Waals surface area (Å²) < 4.78 is 5.82. The van der Waals surface area contributed by atoms with Crippen molar-refractivity contribution in [3.05, 3.63) is 71.8 Å². The van der Waals surface area contributed by atoms with Crippen molar-refractivity contribution in [2.24, 2.45) is 0 Å². The molecular formula is C25H28N4O3. The molecule has 7 nitrogen and oxygen atoms in total. The van der Waals surface area contributed by atoms with Crippen molar-refractivity contribution >= 4 is 17.5 Å². The quantitative estimate of drug-likeness (QED) is 0.587. The van der Waals surface area contributed by atoms with Gasteiger partial charge < -0.3 is 20.5 Å². The predicted octanol–water partition coefficient (Wildman–Crippen LogP) is 3.75. The summed E-state index contributed by atoms with van der Waals surface area (Å²) in [6.07, 6.45) is 0. The third-order valence-corrected chi connectivity index (χ3v) is 5.66. The van der Waals surface area contributed by atoms with E-state index in [1.807, 2.05) is 60.4 Å². The van der Waals surface area contributed by atoms with E-state index in [1.165, 1.54) is 5.56 Å². The van der Waals surface area contributed by atoms with Crippen LogP contribution in [0.3, 0.4) is 0 Å². The summed E-state index contributed by atoms with van der Waals surface area (Å²) in [5.74, 6) is -0.350. The third kappa shape index (κ3) is 4.53. The van der Waals surface area contributed by atoms with Crippen molar-refractivity contribution in [2.45, 2.75) is 13.5 Å². The van der Waals surface area contributed by atoms with Crippen molar-refractivity contribution in [1.29, 1.82) is 0 Å². The van der Waals surface area contributed by atoms with Gasteiger partial charge in [0.05, 0.1) is 17.9 Å². The van der Waals surface area contributed by atoms with E-state index in [4.69, 9.17) is 10.5 Å². The first kappa shape index (κ1) is 21.6. The first-order chi connectivity index (χ1) is 15.6. The molecule has 0 spiro atoms. The number of carboxylic acid groups (broad SMARTS) is 1.